The van der Waals surface area contributed by atoms with Crippen molar-refractivity contribution in [3.05, 3.63) is 24.3 Å². The zero-order valence-electron chi connectivity index (χ0n) is 10.2. The molecule has 1 aliphatic rings. The van der Waals surface area contributed by atoms with Gasteiger partial charge in [-0.1, -0.05) is 12.1 Å². The molecule has 0 bridgehead atoms. The number of para-hydroxylation sites is 2. The third-order valence-corrected chi connectivity index (χ3v) is 3.04. The van der Waals surface area contributed by atoms with Gasteiger partial charge in [-0.05, 0) is 18.6 Å². The van der Waals surface area contributed by atoms with Crippen molar-refractivity contribution in [1.82, 2.24) is 4.90 Å². The van der Waals surface area contributed by atoms with Gasteiger partial charge in [0.15, 0.2) is 0 Å². The van der Waals surface area contributed by atoms with E-state index in [0.29, 0.717) is 31.7 Å². The van der Waals surface area contributed by atoms with Gasteiger partial charge in [-0.25, -0.2) is 4.79 Å². The van der Waals surface area contributed by atoms with Crippen molar-refractivity contribution in [2.75, 3.05) is 30.3 Å². The molecular formula is C13H16N4O. The highest BCUT2D eigenvalue weighted by molar-refractivity contribution is 5.97. The molecule has 1 aliphatic heterocycles. The lowest BCUT2D eigenvalue weighted by molar-refractivity contribution is 0.220. The molecule has 0 unspecified atom stereocenters. The fourth-order valence-electron chi connectivity index (χ4n) is 2.10. The predicted molar refractivity (Wildman–Crippen MR) is 70.0 cm³/mol. The molecule has 94 valence electrons. The van der Waals surface area contributed by atoms with Crippen molar-refractivity contribution in [2.45, 2.75) is 12.8 Å². The van der Waals surface area contributed by atoms with E-state index in [4.69, 9.17) is 11.0 Å². The first-order chi connectivity index (χ1) is 8.74. The summed E-state index contributed by atoms with van der Waals surface area (Å²) in [5.74, 6) is 0. The number of benzene rings is 1. The second-order valence-electron chi connectivity index (χ2n) is 4.24. The fourth-order valence-corrected chi connectivity index (χ4v) is 2.10. The van der Waals surface area contributed by atoms with Gasteiger partial charge in [-0.3, -0.25) is 4.90 Å². The summed E-state index contributed by atoms with van der Waals surface area (Å²) in [5, 5.41) is 8.49. The summed E-state index contributed by atoms with van der Waals surface area (Å²) in [6.45, 7) is 1.98. The van der Waals surface area contributed by atoms with E-state index in [9.17, 15) is 4.79 Å². The molecule has 0 atom stereocenters. The van der Waals surface area contributed by atoms with Crippen LogP contribution in [0.3, 0.4) is 0 Å². The summed E-state index contributed by atoms with van der Waals surface area (Å²) in [6, 6.07) is 9.43. The normalized spacial score (nSPS) is 14.9. The van der Waals surface area contributed by atoms with Gasteiger partial charge in [-0.2, -0.15) is 5.26 Å². The van der Waals surface area contributed by atoms with Crippen LogP contribution in [0.5, 0.6) is 0 Å². The molecule has 1 fully saturated rings. The molecule has 1 aromatic rings. The number of anilines is 2. The minimum Gasteiger partial charge on any atom is -0.397 e. The van der Waals surface area contributed by atoms with E-state index in [1.807, 2.05) is 18.2 Å². The quantitative estimate of drug-likeness (QED) is 0.648. The molecule has 0 saturated carbocycles. The molecule has 0 aromatic heterocycles. The minimum atomic E-state index is -0.0224. The average molecular weight is 244 g/mol. The third-order valence-electron chi connectivity index (χ3n) is 3.04. The van der Waals surface area contributed by atoms with Gasteiger partial charge in [0.2, 0.25) is 0 Å². The lowest BCUT2D eigenvalue weighted by Crippen LogP contribution is -2.32. The summed E-state index contributed by atoms with van der Waals surface area (Å²) < 4.78 is 0. The Labute approximate surface area is 106 Å². The summed E-state index contributed by atoms with van der Waals surface area (Å²) in [5.41, 5.74) is 7.26. The predicted octanol–water partition coefficient (Wildman–Crippen LogP) is 1.81. The number of hydrogen-bond donors (Lipinski definition) is 1. The number of unbranched alkanes of at least 4 members (excludes halogenated alkanes) is 1. The molecule has 0 spiro atoms. The molecule has 5 nitrogen and oxygen atoms in total. The second-order valence-corrected chi connectivity index (χ2v) is 4.24. The number of nitrogens with zero attached hydrogens (tertiary/aromatic N) is 3. The largest absolute Gasteiger partial charge is 0.397 e. The van der Waals surface area contributed by atoms with Crippen molar-refractivity contribution in [2.24, 2.45) is 0 Å². The number of nitriles is 1. The lowest BCUT2D eigenvalue weighted by Gasteiger charge is -2.19. The standard InChI is InChI=1S/C13H16N4O/c14-7-3-4-8-16-9-10-17(13(16)18)12-6-2-1-5-11(12)15/h1-2,5-6H,3-4,8-10,15H2. The van der Waals surface area contributed by atoms with Crippen LogP contribution < -0.4 is 10.6 Å². The molecule has 2 amide bonds. The van der Waals surface area contributed by atoms with Crippen LogP contribution in [-0.4, -0.2) is 30.6 Å². The van der Waals surface area contributed by atoms with E-state index in [2.05, 4.69) is 6.07 Å². The Balaban J connectivity index is 2.04. The Morgan fingerprint density at radius 1 is 1.33 bits per heavy atom. The Morgan fingerprint density at radius 3 is 2.83 bits per heavy atom. The maximum absolute atomic E-state index is 12.2. The van der Waals surface area contributed by atoms with Crippen LogP contribution in [0, 0.1) is 11.3 Å². The first kappa shape index (κ1) is 12.2. The van der Waals surface area contributed by atoms with E-state index in [0.717, 1.165) is 12.1 Å². The van der Waals surface area contributed by atoms with Crippen molar-refractivity contribution in [3.63, 3.8) is 0 Å². The van der Waals surface area contributed by atoms with Gasteiger partial charge in [0.1, 0.15) is 0 Å². The van der Waals surface area contributed by atoms with Crippen LogP contribution in [0.4, 0.5) is 16.2 Å². The summed E-state index contributed by atoms with van der Waals surface area (Å²) >= 11 is 0. The van der Waals surface area contributed by atoms with Gasteiger partial charge in [0, 0.05) is 26.1 Å². The van der Waals surface area contributed by atoms with Gasteiger partial charge >= 0.3 is 6.03 Å². The number of carbonyl (C=O) groups excluding carboxylic acids is 1. The smallest absolute Gasteiger partial charge is 0.324 e. The maximum Gasteiger partial charge on any atom is 0.324 e. The number of carbonyl (C=O) groups is 1. The van der Waals surface area contributed by atoms with Crippen LogP contribution in [0.25, 0.3) is 0 Å². The summed E-state index contributed by atoms with van der Waals surface area (Å²) in [6.07, 6.45) is 1.21. The zero-order chi connectivity index (χ0) is 13.0. The highest BCUT2D eigenvalue weighted by Gasteiger charge is 2.29. The van der Waals surface area contributed by atoms with Crippen LogP contribution in [0.15, 0.2) is 24.3 Å². The first-order valence-electron chi connectivity index (χ1n) is 6.02. The Morgan fingerprint density at radius 2 is 2.11 bits per heavy atom. The average Bonchev–Trinajstić information content (AvgIpc) is 2.72. The number of rotatable bonds is 4. The highest BCUT2D eigenvalue weighted by atomic mass is 16.2. The van der Waals surface area contributed by atoms with E-state index >= 15 is 0 Å². The van der Waals surface area contributed by atoms with Crippen LogP contribution in [-0.2, 0) is 0 Å². The summed E-state index contributed by atoms with van der Waals surface area (Å²) in [4.78, 5) is 15.6. The topological polar surface area (TPSA) is 73.4 Å². The first-order valence-corrected chi connectivity index (χ1v) is 6.02. The molecule has 18 heavy (non-hydrogen) atoms. The van der Waals surface area contributed by atoms with E-state index in [1.165, 1.54) is 0 Å². The van der Waals surface area contributed by atoms with Crippen LogP contribution in [0.1, 0.15) is 12.8 Å². The van der Waals surface area contributed by atoms with Crippen molar-refractivity contribution in [3.8, 4) is 6.07 Å². The maximum atomic E-state index is 12.2. The zero-order valence-corrected chi connectivity index (χ0v) is 10.2. The Bertz CT molecular complexity index is 480. The molecule has 1 saturated heterocycles. The molecule has 5 heteroatoms. The Hall–Kier alpha value is -2.22. The van der Waals surface area contributed by atoms with E-state index < -0.39 is 0 Å². The Kier molecular flexibility index (Phi) is 3.68. The van der Waals surface area contributed by atoms with Gasteiger partial charge < -0.3 is 10.6 Å². The number of nitrogens with two attached hydrogens (primary N) is 1. The van der Waals surface area contributed by atoms with Gasteiger partial charge in [0.25, 0.3) is 0 Å². The van der Waals surface area contributed by atoms with Crippen molar-refractivity contribution >= 4 is 17.4 Å². The molecule has 1 heterocycles. The lowest BCUT2D eigenvalue weighted by atomic mass is 10.2. The van der Waals surface area contributed by atoms with Gasteiger partial charge in [-0.15, -0.1) is 0 Å². The fraction of sp³-hybridized carbons (Fsp3) is 0.385. The van der Waals surface area contributed by atoms with E-state index in [1.54, 1.807) is 15.9 Å². The van der Waals surface area contributed by atoms with Crippen molar-refractivity contribution in [1.29, 1.82) is 5.26 Å². The molecular weight excluding hydrogens is 228 g/mol. The van der Waals surface area contributed by atoms with Crippen LogP contribution >= 0.6 is 0 Å². The molecule has 1 aromatic carbocycles. The van der Waals surface area contributed by atoms with Crippen molar-refractivity contribution < 1.29 is 4.79 Å². The number of hydrogen-bond acceptors (Lipinski definition) is 3. The number of urea groups is 1. The summed E-state index contributed by atoms with van der Waals surface area (Å²) in [7, 11) is 0. The molecule has 2 N–H and O–H groups in total. The molecule has 0 aliphatic carbocycles. The second kappa shape index (κ2) is 5.41. The van der Waals surface area contributed by atoms with E-state index in [-0.39, 0.29) is 6.03 Å². The number of amides is 2. The third kappa shape index (κ3) is 2.38. The number of nitrogen functional groups attached to an aromatic ring is 1. The molecule has 2 rings (SSSR count). The van der Waals surface area contributed by atoms with Crippen LogP contribution in [0.2, 0.25) is 0 Å². The SMILES string of the molecule is N#CCCCN1CCN(c2ccccc2N)C1=O. The minimum absolute atomic E-state index is 0.0224. The monoisotopic (exact) mass is 244 g/mol. The molecule has 0 radical (unpaired) electrons. The van der Waals surface area contributed by atoms with Gasteiger partial charge in [0.05, 0.1) is 17.4 Å². The highest BCUT2D eigenvalue weighted by Crippen LogP contribution is 2.26.